The molecule has 0 radical (unpaired) electrons. The fourth-order valence-corrected chi connectivity index (χ4v) is 1.69. The Balaban J connectivity index is 2.24. The summed E-state index contributed by atoms with van der Waals surface area (Å²) in [5.41, 5.74) is 0. The third-order valence-corrected chi connectivity index (χ3v) is 2.97. The molecule has 1 aliphatic rings. The summed E-state index contributed by atoms with van der Waals surface area (Å²) in [7, 11) is 0. The van der Waals surface area contributed by atoms with Crippen LogP contribution in [0, 0.1) is 5.92 Å². The maximum absolute atomic E-state index is 9.63. The summed E-state index contributed by atoms with van der Waals surface area (Å²) >= 11 is 0. The Bertz CT molecular complexity index is 154. The molecule has 1 aliphatic carbocycles. The van der Waals surface area contributed by atoms with Crippen molar-refractivity contribution in [2.75, 3.05) is 13.1 Å². The van der Waals surface area contributed by atoms with E-state index in [-0.39, 0.29) is 6.10 Å². The molecule has 1 rings (SSSR count). The van der Waals surface area contributed by atoms with Gasteiger partial charge in [-0.2, -0.15) is 0 Å². The van der Waals surface area contributed by atoms with Gasteiger partial charge in [0.15, 0.2) is 0 Å². The highest BCUT2D eigenvalue weighted by Gasteiger charge is 2.29. The first kappa shape index (κ1) is 12.0. The molecular weight excluding hydrogens is 174 g/mol. The van der Waals surface area contributed by atoms with Crippen LogP contribution in [0.15, 0.2) is 0 Å². The normalized spacial score (nSPS) is 19.3. The molecule has 14 heavy (non-hydrogen) atoms. The molecular formula is C12H25NO. The van der Waals surface area contributed by atoms with Crippen LogP contribution in [0.5, 0.6) is 0 Å². The van der Waals surface area contributed by atoms with Crippen molar-refractivity contribution in [3.05, 3.63) is 0 Å². The van der Waals surface area contributed by atoms with E-state index in [9.17, 15) is 5.11 Å². The van der Waals surface area contributed by atoms with Gasteiger partial charge in [-0.25, -0.2) is 0 Å². The van der Waals surface area contributed by atoms with Gasteiger partial charge in [0, 0.05) is 12.6 Å². The van der Waals surface area contributed by atoms with E-state index in [0.29, 0.717) is 0 Å². The Morgan fingerprint density at radius 2 is 2.00 bits per heavy atom. The molecule has 0 spiro atoms. The Hall–Kier alpha value is -0.0800. The van der Waals surface area contributed by atoms with Gasteiger partial charge in [0.1, 0.15) is 0 Å². The molecule has 2 nitrogen and oxygen atoms in total. The number of aliphatic hydroxyl groups excluding tert-OH is 1. The minimum atomic E-state index is -0.122. The van der Waals surface area contributed by atoms with Gasteiger partial charge in [-0.15, -0.1) is 0 Å². The molecule has 84 valence electrons. The zero-order valence-electron chi connectivity index (χ0n) is 9.87. The number of hydrogen-bond donors (Lipinski definition) is 1. The zero-order valence-corrected chi connectivity index (χ0v) is 9.87. The van der Waals surface area contributed by atoms with Crippen molar-refractivity contribution in [3.8, 4) is 0 Å². The third-order valence-electron chi connectivity index (χ3n) is 2.97. The highest BCUT2D eigenvalue weighted by atomic mass is 16.3. The highest BCUT2D eigenvalue weighted by molar-refractivity contribution is 4.85. The van der Waals surface area contributed by atoms with Crippen LogP contribution in [-0.2, 0) is 0 Å². The third kappa shape index (κ3) is 4.43. The number of nitrogens with zero attached hydrogens (tertiary/aromatic N) is 1. The number of rotatable bonds is 7. The molecule has 1 atom stereocenters. The van der Waals surface area contributed by atoms with Crippen molar-refractivity contribution >= 4 is 0 Å². The predicted octanol–water partition coefficient (Wildman–Crippen LogP) is 2.27. The van der Waals surface area contributed by atoms with Gasteiger partial charge in [0.2, 0.25) is 0 Å². The Labute approximate surface area is 88.3 Å². The maximum atomic E-state index is 9.63. The van der Waals surface area contributed by atoms with Gasteiger partial charge in [-0.3, -0.25) is 4.90 Å². The van der Waals surface area contributed by atoms with Crippen molar-refractivity contribution in [1.29, 1.82) is 0 Å². The van der Waals surface area contributed by atoms with Crippen molar-refractivity contribution in [2.24, 2.45) is 5.92 Å². The summed E-state index contributed by atoms with van der Waals surface area (Å²) in [4.78, 5) is 2.48. The zero-order chi connectivity index (χ0) is 10.6. The van der Waals surface area contributed by atoms with Crippen molar-refractivity contribution in [3.63, 3.8) is 0 Å². The number of hydrogen-bond acceptors (Lipinski definition) is 2. The minimum Gasteiger partial charge on any atom is -0.392 e. The molecule has 0 bridgehead atoms. The van der Waals surface area contributed by atoms with E-state index in [4.69, 9.17) is 0 Å². The second-order valence-corrected chi connectivity index (χ2v) is 4.97. The lowest BCUT2D eigenvalue weighted by Gasteiger charge is -2.25. The summed E-state index contributed by atoms with van der Waals surface area (Å²) in [5.74, 6) is 0.773. The average molecular weight is 199 g/mol. The quantitative estimate of drug-likeness (QED) is 0.680. The van der Waals surface area contributed by atoms with Gasteiger partial charge in [-0.05, 0) is 38.1 Å². The first-order valence-corrected chi connectivity index (χ1v) is 6.05. The van der Waals surface area contributed by atoms with Crippen LogP contribution in [0.3, 0.4) is 0 Å². The van der Waals surface area contributed by atoms with Crippen LogP contribution in [0.2, 0.25) is 0 Å². The Morgan fingerprint density at radius 3 is 2.43 bits per heavy atom. The first-order chi connectivity index (χ1) is 6.63. The molecule has 2 heteroatoms. The van der Waals surface area contributed by atoms with Crippen LogP contribution in [0.25, 0.3) is 0 Å². The van der Waals surface area contributed by atoms with Crippen molar-refractivity contribution in [2.45, 2.75) is 58.6 Å². The molecule has 0 heterocycles. The van der Waals surface area contributed by atoms with Gasteiger partial charge in [0.25, 0.3) is 0 Å². The van der Waals surface area contributed by atoms with Gasteiger partial charge < -0.3 is 5.11 Å². The lowest BCUT2D eigenvalue weighted by atomic mass is 10.1. The monoisotopic (exact) mass is 199 g/mol. The SMILES string of the molecule is CCC(O)CN(CCC(C)C)C1CC1. The van der Waals surface area contributed by atoms with Crippen LogP contribution in [0.1, 0.15) is 46.5 Å². The molecule has 0 aromatic rings. The van der Waals surface area contributed by atoms with Gasteiger partial charge >= 0.3 is 0 Å². The average Bonchev–Trinajstić information content (AvgIpc) is 2.94. The molecule has 1 N–H and O–H groups in total. The maximum Gasteiger partial charge on any atom is 0.0664 e. The summed E-state index contributed by atoms with van der Waals surface area (Å²) in [6.45, 7) is 8.63. The van der Waals surface area contributed by atoms with E-state index in [1.165, 1.54) is 25.8 Å². The molecule has 0 saturated heterocycles. The Kier molecular flexibility index (Phi) is 4.90. The van der Waals surface area contributed by atoms with E-state index in [1.54, 1.807) is 0 Å². The summed E-state index contributed by atoms with van der Waals surface area (Å²) in [6.07, 6.45) is 4.70. The van der Waals surface area contributed by atoms with Gasteiger partial charge in [-0.1, -0.05) is 20.8 Å². The van der Waals surface area contributed by atoms with E-state index in [0.717, 1.165) is 24.9 Å². The molecule has 0 aromatic heterocycles. The smallest absolute Gasteiger partial charge is 0.0664 e. The molecule has 0 aromatic carbocycles. The largest absolute Gasteiger partial charge is 0.392 e. The standard InChI is InChI=1S/C12H25NO/c1-4-12(14)9-13(11-5-6-11)8-7-10(2)3/h10-12,14H,4-9H2,1-3H3. The second-order valence-electron chi connectivity index (χ2n) is 4.97. The lowest BCUT2D eigenvalue weighted by Crippen LogP contribution is -2.35. The van der Waals surface area contributed by atoms with Crippen LogP contribution in [-0.4, -0.2) is 35.2 Å². The Morgan fingerprint density at radius 1 is 1.36 bits per heavy atom. The molecule has 0 aliphatic heterocycles. The van der Waals surface area contributed by atoms with Gasteiger partial charge in [0.05, 0.1) is 6.10 Å². The van der Waals surface area contributed by atoms with E-state index < -0.39 is 0 Å². The number of aliphatic hydroxyl groups is 1. The predicted molar refractivity (Wildman–Crippen MR) is 60.3 cm³/mol. The molecule has 1 fully saturated rings. The van der Waals surface area contributed by atoms with Crippen LogP contribution < -0.4 is 0 Å². The topological polar surface area (TPSA) is 23.5 Å². The van der Waals surface area contributed by atoms with E-state index >= 15 is 0 Å². The molecule has 1 saturated carbocycles. The summed E-state index contributed by atoms with van der Waals surface area (Å²) in [5, 5.41) is 9.63. The van der Waals surface area contributed by atoms with Crippen LogP contribution >= 0.6 is 0 Å². The van der Waals surface area contributed by atoms with Crippen LogP contribution in [0.4, 0.5) is 0 Å². The lowest BCUT2D eigenvalue weighted by molar-refractivity contribution is 0.102. The van der Waals surface area contributed by atoms with E-state index in [1.807, 2.05) is 0 Å². The fraction of sp³-hybridized carbons (Fsp3) is 1.00. The van der Waals surface area contributed by atoms with Crippen molar-refractivity contribution in [1.82, 2.24) is 4.90 Å². The fourth-order valence-electron chi connectivity index (χ4n) is 1.69. The molecule has 1 unspecified atom stereocenters. The highest BCUT2D eigenvalue weighted by Crippen LogP contribution is 2.27. The van der Waals surface area contributed by atoms with Crippen molar-refractivity contribution < 1.29 is 5.11 Å². The van der Waals surface area contributed by atoms with E-state index in [2.05, 4.69) is 25.7 Å². The second kappa shape index (κ2) is 5.72. The minimum absolute atomic E-state index is 0.122. The summed E-state index contributed by atoms with van der Waals surface area (Å²) in [6, 6.07) is 0.787. The summed E-state index contributed by atoms with van der Waals surface area (Å²) < 4.78 is 0. The molecule has 0 amide bonds. The first-order valence-electron chi connectivity index (χ1n) is 6.05.